The number of benzene rings is 1. The second-order valence-corrected chi connectivity index (χ2v) is 7.78. The number of urea groups is 1. The Labute approximate surface area is 156 Å². The van der Waals surface area contributed by atoms with Crippen molar-refractivity contribution in [3.63, 3.8) is 0 Å². The monoisotopic (exact) mass is 383 g/mol. The van der Waals surface area contributed by atoms with Gasteiger partial charge in [0.25, 0.3) is 5.91 Å². The molecule has 1 heterocycles. The van der Waals surface area contributed by atoms with E-state index in [2.05, 4.69) is 12.2 Å². The Balaban J connectivity index is 1.61. The van der Waals surface area contributed by atoms with Gasteiger partial charge >= 0.3 is 12.2 Å². The first kappa shape index (κ1) is 19.7. The largest absolute Gasteiger partial charge is 0.416 e. The third-order valence-electron chi connectivity index (χ3n) is 5.49. The van der Waals surface area contributed by atoms with Crippen LogP contribution in [-0.2, 0) is 17.5 Å². The number of halogens is 3. The van der Waals surface area contributed by atoms with Crippen LogP contribution in [0.4, 0.5) is 18.0 Å². The Morgan fingerprint density at radius 3 is 2.33 bits per heavy atom. The highest BCUT2D eigenvalue weighted by Crippen LogP contribution is 2.36. The van der Waals surface area contributed by atoms with Crippen LogP contribution in [0.2, 0.25) is 0 Å². The van der Waals surface area contributed by atoms with Crippen molar-refractivity contribution < 1.29 is 22.8 Å². The fourth-order valence-corrected chi connectivity index (χ4v) is 3.80. The van der Waals surface area contributed by atoms with Crippen molar-refractivity contribution in [3.05, 3.63) is 35.4 Å². The predicted octanol–water partition coefficient (Wildman–Crippen LogP) is 3.60. The summed E-state index contributed by atoms with van der Waals surface area (Å²) in [4.78, 5) is 28.1. The molecule has 3 amide bonds. The average molecular weight is 383 g/mol. The van der Waals surface area contributed by atoms with Gasteiger partial charge in [0.1, 0.15) is 5.54 Å². The minimum atomic E-state index is -4.36. The van der Waals surface area contributed by atoms with Crippen molar-refractivity contribution in [2.24, 2.45) is 5.92 Å². The molecule has 8 heteroatoms. The number of nitrogens with one attached hydrogen (secondary N) is 1. The molecule has 0 atom stereocenters. The molecule has 3 rings (SSSR count). The zero-order chi connectivity index (χ0) is 19.8. The molecule has 0 unspecified atom stereocenters. The Bertz CT molecular complexity index is 710. The Morgan fingerprint density at radius 2 is 1.78 bits per heavy atom. The number of carbonyl (C=O) groups excluding carboxylic acids is 2. The van der Waals surface area contributed by atoms with Gasteiger partial charge in [0, 0.05) is 6.54 Å². The molecule has 1 N–H and O–H groups in total. The van der Waals surface area contributed by atoms with E-state index in [1.165, 1.54) is 17.0 Å². The maximum absolute atomic E-state index is 12.8. The van der Waals surface area contributed by atoms with E-state index < -0.39 is 23.3 Å². The van der Waals surface area contributed by atoms with Crippen LogP contribution in [0.15, 0.2) is 24.3 Å². The number of carbonyl (C=O) groups is 2. The third-order valence-corrected chi connectivity index (χ3v) is 5.49. The summed E-state index contributed by atoms with van der Waals surface area (Å²) in [6.07, 6.45) is -1.26. The van der Waals surface area contributed by atoms with Crippen LogP contribution < -0.4 is 5.32 Å². The van der Waals surface area contributed by atoms with Crippen LogP contribution in [0.1, 0.15) is 43.7 Å². The second kappa shape index (κ2) is 7.14. The summed E-state index contributed by atoms with van der Waals surface area (Å²) >= 11 is 0. The molecule has 1 aliphatic carbocycles. The summed E-state index contributed by atoms with van der Waals surface area (Å²) < 4.78 is 37.9. The highest BCUT2D eigenvalue weighted by Gasteiger charge is 2.52. The molecule has 0 radical (unpaired) electrons. The molecule has 1 aliphatic heterocycles. The minimum Gasteiger partial charge on any atom is -0.323 e. The van der Waals surface area contributed by atoms with Gasteiger partial charge in [-0.15, -0.1) is 0 Å². The van der Waals surface area contributed by atoms with Gasteiger partial charge in [-0.1, -0.05) is 19.1 Å². The zero-order valence-electron chi connectivity index (χ0n) is 15.5. The van der Waals surface area contributed by atoms with Crippen molar-refractivity contribution in [2.45, 2.75) is 50.9 Å². The second-order valence-electron chi connectivity index (χ2n) is 7.78. The molecule has 1 saturated heterocycles. The van der Waals surface area contributed by atoms with Crippen molar-refractivity contribution in [3.8, 4) is 0 Å². The predicted molar refractivity (Wildman–Crippen MR) is 93.5 cm³/mol. The van der Waals surface area contributed by atoms with E-state index in [-0.39, 0.29) is 12.6 Å². The van der Waals surface area contributed by atoms with Crippen molar-refractivity contribution in [1.29, 1.82) is 0 Å². The van der Waals surface area contributed by atoms with E-state index in [4.69, 9.17) is 0 Å². The summed E-state index contributed by atoms with van der Waals surface area (Å²) in [5.74, 6) is 0.357. The van der Waals surface area contributed by atoms with E-state index in [0.717, 1.165) is 25.0 Å². The molecule has 0 aromatic heterocycles. The third kappa shape index (κ3) is 4.10. The number of hydrogen-bond acceptors (Lipinski definition) is 3. The maximum Gasteiger partial charge on any atom is 0.416 e. The van der Waals surface area contributed by atoms with Crippen molar-refractivity contribution in [1.82, 2.24) is 15.1 Å². The zero-order valence-corrected chi connectivity index (χ0v) is 15.5. The van der Waals surface area contributed by atoms with E-state index in [1.54, 1.807) is 11.9 Å². The Hall–Kier alpha value is -2.09. The van der Waals surface area contributed by atoms with E-state index in [9.17, 15) is 22.8 Å². The maximum atomic E-state index is 12.8. The topological polar surface area (TPSA) is 52.7 Å². The van der Waals surface area contributed by atoms with E-state index >= 15 is 0 Å². The lowest BCUT2D eigenvalue weighted by Crippen LogP contribution is -2.49. The number of imide groups is 1. The van der Waals surface area contributed by atoms with Gasteiger partial charge in [0.15, 0.2) is 0 Å². The molecule has 1 aromatic rings. The Kier molecular flexibility index (Phi) is 5.20. The van der Waals surface area contributed by atoms with Crippen molar-refractivity contribution in [2.75, 3.05) is 13.7 Å². The SMILES string of the molecule is CC1CCC2(CC1)NC(=O)N(CN(C)Cc1ccc(C(F)(F)F)cc1)C2=O. The first-order valence-corrected chi connectivity index (χ1v) is 9.09. The van der Waals surface area contributed by atoms with Gasteiger partial charge < -0.3 is 5.32 Å². The van der Waals surface area contributed by atoms with Gasteiger partial charge in [-0.2, -0.15) is 13.2 Å². The highest BCUT2D eigenvalue weighted by molar-refractivity contribution is 6.07. The average Bonchev–Trinajstić information content (AvgIpc) is 2.82. The van der Waals surface area contributed by atoms with Gasteiger partial charge in [0.2, 0.25) is 0 Å². The van der Waals surface area contributed by atoms with Crippen LogP contribution in [0.3, 0.4) is 0 Å². The summed E-state index contributed by atoms with van der Waals surface area (Å²) in [6, 6.07) is 4.50. The molecule has 2 aliphatic rings. The van der Waals surface area contributed by atoms with Crippen LogP contribution in [0, 0.1) is 5.92 Å². The fourth-order valence-electron chi connectivity index (χ4n) is 3.80. The minimum absolute atomic E-state index is 0.100. The molecule has 1 spiro atoms. The summed E-state index contributed by atoms with van der Waals surface area (Å²) in [5.41, 5.74) is -0.797. The Morgan fingerprint density at radius 1 is 1.19 bits per heavy atom. The summed E-state index contributed by atoms with van der Waals surface area (Å²) in [7, 11) is 1.73. The van der Waals surface area contributed by atoms with Crippen LogP contribution in [0.5, 0.6) is 0 Å². The van der Waals surface area contributed by atoms with Crippen LogP contribution >= 0.6 is 0 Å². The quantitative estimate of drug-likeness (QED) is 0.809. The molecule has 148 valence electrons. The molecule has 27 heavy (non-hydrogen) atoms. The van der Waals surface area contributed by atoms with Gasteiger partial charge in [-0.3, -0.25) is 9.69 Å². The summed E-state index contributed by atoms with van der Waals surface area (Å²) in [6.45, 7) is 2.58. The van der Waals surface area contributed by atoms with Crippen LogP contribution in [0.25, 0.3) is 0 Å². The standard InChI is InChI=1S/C19H24F3N3O2/c1-13-7-9-18(10-8-13)16(26)25(17(27)23-18)12-24(2)11-14-3-5-15(6-4-14)19(20,21)22/h3-6,13H,7-12H2,1-2H3,(H,23,27). The molecule has 1 saturated carbocycles. The number of alkyl halides is 3. The molecule has 1 aromatic carbocycles. The lowest BCUT2D eigenvalue weighted by atomic mass is 9.77. The lowest BCUT2D eigenvalue weighted by molar-refractivity contribution is -0.137. The summed E-state index contributed by atoms with van der Waals surface area (Å²) in [5, 5.41) is 2.87. The van der Waals surface area contributed by atoms with Gasteiger partial charge in [0.05, 0.1) is 12.2 Å². The molecular weight excluding hydrogens is 359 g/mol. The number of nitrogens with zero attached hydrogens (tertiary/aromatic N) is 2. The number of rotatable bonds is 4. The number of hydrogen-bond donors (Lipinski definition) is 1. The lowest BCUT2D eigenvalue weighted by Gasteiger charge is -2.33. The molecule has 0 bridgehead atoms. The first-order valence-electron chi connectivity index (χ1n) is 9.09. The van der Waals surface area contributed by atoms with Gasteiger partial charge in [-0.05, 0) is 56.3 Å². The van der Waals surface area contributed by atoms with Crippen LogP contribution in [-0.4, -0.2) is 41.0 Å². The first-order chi connectivity index (χ1) is 12.6. The highest BCUT2D eigenvalue weighted by atomic mass is 19.4. The fraction of sp³-hybridized carbons (Fsp3) is 0.579. The van der Waals surface area contributed by atoms with E-state index in [0.29, 0.717) is 30.9 Å². The van der Waals surface area contributed by atoms with Crippen molar-refractivity contribution >= 4 is 11.9 Å². The number of amides is 3. The van der Waals surface area contributed by atoms with Gasteiger partial charge in [-0.25, -0.2) is 9.69 Å². The molecular formula is C19H24F3N3O2. The molecule has 2 fully saturated rings. The normalized spacial score (nSPS) is 26.1. The molecule has 5 nitrogen and oxygen atoms in total. The smallest absolute Gasteiger partial charge is 0.323 e. The van der Waals surface area contributed by atoms with E-state index in [1.807, 2.05) is 0 Å².